The minimum Gasteiger partial charge on any atom is -0.351 e. The Labute approximate surface area is 124 Å². The van der Waals surface area contributed by atoms with Gasteiger partial charge in [0.15, 0.2) is 0 Å². The van der Waals surface area contributed by atoms with E-state index >= 15 is 0 Å². The number of para-hydroxylation sites is 1. The second-order valence-corrected chi connectivity index (χ2v) is 4.94. The molecule has 1 amide bonds. The maximum atomic E-state index is 11.9. The highest BCUT2D eigenvalue weighted by Crippen LogP contribution is 2.12. The fourth-order valence-electron chi connectivity index (χ4n) is 2.09. The molecule has 1 atom stereocenters. The van der Waals surface area contributed by atoms with Crippen LogP contribution in [0.3, 0.4) is 0 Å². The van der Waals surface area contributed by atoms with E-state index in [1.165, 1.54) is 6.33 Å². The summed E-state index contributed by atoms with van der Waals surface area (Å²) in [5.74, 6) is -0.114. The fraction of sp³-hybridized carbons (Fsp3) is 0.400. The zero-order valence-corrected chi connectivity index (χ0v) is 12.2. The Morgan fingerprint density at radius 1 is 1.43 bits per heavy atom. The van der Waals surface area contributed by atoms with Crippen molar-refractivity contribution in [3.63, 3.8) is 0 Å². The summed E-state index contributed by atoms with van der Waals surface area (Å²) in [6.07, 6.45) is 5.83. The highest BCUT2D eigenvalue weighted by Gasteiger charge is 2.13. The minimum atomic E-state index is -0.441. The van der Waals surface area contributed by atoms with Gasteiger partial charge in [0.25, 0.3) is 0 Å². The lowest BCUT2D eigenvalue weighted by molar-refractivity contribution is -0.122. The summed E-state index contributed by atoms with van der Waals surface area (Å²) in [6, 6.07) is 7.31. The molecule has 0 aliphatic heterocycles. The van der Waals surface area contributed by atoms with Crippen LogP contribution < -0.4 is 11.1 Å². The van der Waals surface area contributed by atoms with Crippen LogP contribution in [0.25, 0.3) is 5.69 Å². The maximum Gasteiger partial charge on any atom is 0.237 e. The highest BCUT2D eigenvalue weighted by molar-refractivity contribution is 5.81. The summed E-state index contributed by atoms with van der Waals surface area (Å²) in [5.41, 5.74) is 7.73. The first-order valence-electron chi connectivity index (χ1n) is 7.18. The molecule has 0 aliphatic rings. The molecular formula is C15H21N5O. The van der Waals surface area contributed by atoms with Gasteiger partial charge >= 0.3 is 0 Å². The van der Waals surface area contributed by atoms with Crippen molar-refractivity contribution in [1.29, 1.82) is 0 Å². The van der Waals surface area contributed by atoms with Crippen LogP contribution in [0.15, 0.2) is 36.9 Å². The topological polar surface area (TPSA) is 85.8 Å². The summed E-state index contributed by atoms with van der Waals surface area (Å²) in [6.45, 7) is 2.51. The number of unbranched alkanes of at least 4 members (excludes halogenated alkanes) is 1. The number of aromatic nitrogens is 3. The Hall–Kier alpha value is -2.21. The molecule has 1 aromatic heterocycles. The normalized spacial score (nSPS) is 12.1. The lowest BCUT2D eigenvalue weighted by atomic mass is 10.1. The minimum absolute atomic E-state index is 0.114. The van der Waals surface area contributed by atoms with E-state index in [-0.39, 0.29) is 5.91 Å². The predicted octanol–water partition coefficient (Wildman–Crippen LogP) is 1.40. The van der Waals surface area contributed by atoms with Crippen molar-refractivity contribution in [2.24, 2.45) is 5.73 Å². The highest BCUT2D eigenvalue weighted by atomic mass is 16.2. The third kappa shape index (κ3) is 4.13. The number of rotatable bonds is 7. The summed E-state index contributed by atoms with van der Waals surface area (Å²) in [7, 11) is 0. The molecule has 1 aromatic carbocycles. The molecule has 2 aromatic rings. The molecule has 0 fully saturated rings. The lowest BCUT2D eigenvalue weighted by Crippen LogP contribution is -2.40. The molecule has 6 heteroatoms. The zero-order valence-electron chi connectivity index (χ0n) is 12.2. The van der Waals surface area contributed by atoms with Crippen molar-refractivity contribution < 1.29 is 4.79 Å². The average Bonchev–Trinajstić information content (AvgIpc) is 3.04. The van der Waals surface area contributed by atoms with Gasteiger partial charge in [-0.05, 0) is 18.1 Å². The van der Waals surface area contributed by atoms with Gasteiger partial charge in [0.05, 0.1) is 11.7 Å². The van der Waals surface area contributed by atoms with Crippen molar-refractivity contribution >= 4 is 5.91 Å². The number of hydrogen-bond acceptors (Lipinski definition) is 4. The molecule has 3 N–H and O–H groups in total. The van der Waals surface area contributed by atoms with Crippen molar-refractivity contribution in [2.75, 3.05) is 0 Å². The Bertz CT molecular complexity index is 567. The molecule has 0 bridgehead atoms. The van der Waals surface area contributed by atoms with E-state index in [1.54, 1.807) is 11.0 Å². The van der Waals surface area contributed by atoms with E-state index in [9.17, 15) is 4.79 Å². The summed E-state index contributed by atoms with van der Waals surface area (Å²) in [5, 5.41) is 7.00. The SMILES string of the molecule is CCCC[C@H](N)C(=O)NCc1ccccc1-n1cncn1. The van der Waals surface area contributed by atoms with Gasteiger partial charge in [0, 0.05) is 6.54 Å². The number of nitrogens with two attached hydrogens (primary N) is 1. The Morgan fingerprint density at radius 3 is 2.95 bits per heavy atom. The fourth-order valence-corrected chi connectivity index (χ4v) is 2.09. The second-order valence-electron chi connectivity index (χ2n) is 4.94. The largest absolute Gasteiger partial charge is 0.351 e. The van der Waals surface area contributed by atoms with Crippen LogP contribution >= 0.6 is 0 Å². The van der Waals surface area contributed by atoms with Gasteiger partial charge in [-0.3, -0.25) is 4.79 Å². The van der Waals surface area contributed by atoms with Gasteiger partial charge in [-0.2, -0.15) is 5.10 Å². The van der Waals surface area contributed by atoms with Crippen molar-refractivity contribution in [3.05, 3.63) is 42.5 Å². The van der Waals surface area contributed by atoms with Crippen LogP contribution in [-0.2, 0) is 11.3 Å². The lowest BCUT2D eigenvalue weighted by Gasteiger charge is -2.13. The Balaban J connectivity index is 1.99. The third-order valence-electron chi connectivity index (χ3n) is 3.32. The van der Waals surface area contributed by atoms with Gasteiger partial charge < -0.3 is 11.1 Å². The van der Waals surface area contributed by atoms with Crippen LogP contribution in [0, 0.1) is 0 Å². The van der Waals surface area contributed by atoms with Crippen molar-refractivity contribution in [3.8, 4) is 5.69 Å². The molecule has 6 nitrogen and oxygen atoms in total. The summed E-state index contributed by atoms with van der Waals surface area (Å²) in [4.78, 5) is 15.9. The molecule has 1 heterocycles. The quantitative estimate of drug-likeness (QED) is 0.806. The Morgan fingerprint density at radius 2 is 2.24 bits per heavy atom. The van der Waals surface area contributed by atoms with E-state index in [0.29, 0.717) is 13.0 Å². The van der Waals surface area contributed by atoms with Gasteiger partial charge in [-0.1, -0.05) is 38.0 Å². The van der Waals surface area contributed by atoms with Crippen LogP contribution in [-0.4, -0.2) is 26.7 Å². The van der Waals surface area contributed by atoms with E-state index < -0.39 is 6.04 Å². The van der Waals surface area contributed by atoms with Gasteiger partial charge in [0.2, 0.25) is 5.91 Å². The van der Waals surface area contributed by atoms with Crippen molar-refractivity contribution in [2.45, 2.75) is 38.8 Å². The number of carbonyl (C=O) groups excluding carboxylic acids is 1. The first-order chi connectivity index (χ1) is 10.2. The van der Waals surface area contributed by atoms with Gasteiger partial charge in [-0.15, -0.1) is 0 Å². The number of nitrogens with one attached hydrogen (secondary N) is 1. The van der Waals surface area contributed by atoms with Crippen LogP contribution in [0.5, 0.6) is 0 Å². The van der Waals surface area contributed by atoms with E-state index in [0.717, 1.165) is 24.1 Å². The smallest absolute Gasteiger partial charge is 0.237 e. The number of amides is 1. The molecule has 0 saturated heterocycles. The van der Waals surface area contributed by atoms with Crippen LogP contribution in [0.2, 0.25) is 0 Å². The van der Waals surface area contributed by atoms with E-state index in [4.69, 9.17) is 5.73 Å². The van der Waals surface area contributed by atoms with E-state index in [2.05, 4.69) is 22.3 Å². The molecular weight excluding hydrogens is 266 g/mol. The molecule has 0 aliphatic carbocycles. The second kappa shape index (κ2) is 7.54. The number of carbonyl (C=O) groups is 1. The molecule has 112 valence electrons. The molecule has 21 heavy (non-hydrogen) atoms. The molecule has 0 unspecified atom stereocenters. The summed E-state index contributed by atoms with van der Waals surface area (Å²) < 4.78 is 1.68. The molecule has 2 rings (SSSR count). The first kappa shape index (κ1) is 15.2. The Kier molecular flexibility index (Phi) is 5.45. The van der Waals surface area contributed by atoms with Gasteiger partial charge in [0.1, 0.15) is 12.7 Å². The number of nitrogens with zero attached hydrogens (tertiary/aromatic N) is 3. The predicted molar refractivity (Wildman–Crippen MR) is 80.7 cm³/mol. The first-order valence-corrected chi connectivity index (χ1v) is 7.18. The van der Waals surface area contributed by atoms with Crippen molar-refractivity contribution in [1.82, 2.24) is 20.1 Å². The number of hydrogen-bond donors (Lipinski definition) is 2. The monoisotopic (exact) mass is 287 g/mol. The summed E-state index contributed by atoms with van der Waals surface area (Å²) >= 11 is 0. The van der Waals surface area contributed by atoms with Crippen LogP contribution in [0.1, 0.15) is 31.7 Å². The number of benzene rings is 1. The maximum absolute atomic E-state index is 11.9. The van der Waals surface area contributed by atoms with E-state index in [1.807, 2.05) is 24.3 Å². The molecule has 0 spiro atoms. The molecule has 0 saturated carbocycles. The zero-order chi connectivity index (χ0) is 15.1. The standard InChI is InChI=1S/C15H21N5O/c1-2-3-7-13(16)15(21)18-9-12-6-4-5-8-14(12)20-11-17-10-19-20/h4-6,8,10-11,13H,2-3,7,9,16H2,1H3,(H,18,21)/t13-/m0/s1. The van der Waals surface area contributed by atoms with Crippen LogP contribution in [0.4, 0.5) is 0 Å². The molecule has 0 radical (unpaired) electrons. The van der Waals surface area contributed by atoms with Gasteiger partial charge in [-0.25, -0.2) is 9.67 Å². The third-order valence-corrected chi connectivity index (χ3v) is 3.32. The average molecular weight is 287 g/mol.